The van der Waals surface area contributed by atoms with E-state index in [1.165, 1.54) is 16.2 Å². The molecule has 0 saturated carbocycles. The normalized spacial score (nSPS) is 17.0. The minimum atomic E-state index is -0.556. The number of hydrogen-bond donors (Lipinski definition) is 2. The number of thiazole rings is 1. The van der Waals surface area contributed by atoms with E-state index >= 15 is 0 Å². The molecular formula is C19H26N6O2S. The number of rotatable bonds is 3. The van der Waals surface area contributed by atoms with Gasteiger partial charge in [0.25, 0.3) is 0 Å². The number of aromatic nitrogens is 3. The molecule has 0 bridgehead atoms. The number of anilines is 1. The minimum absolute atomic E-state index is 0.171. The molecule has 150 valence electrons. The number of hydrogen-bond acceptors (Lipinski definition) is 6. The number of urea groups is 1. The largest absolute Gasteiger partial charge is 0.368 e. The Bertz CT molecular complexity index is 918. The van der Waals surface area contributed by atoms with Gasteiger partial charge in [0.05, 0.1) is 16.3 Å². The number of aryl methyl sites for hydroxylation is 2. The lowest BCUT2D eigenvalue weighted by Gasteiger charge is -2.21. The lowest BCUT2D eigenvalue weighted by atomic mass is 9.95. The molecule has 2 aromatic heterocycles. The Morgan fingerprint density at radius 3 is 2.61 bits per heavy atom. The average Bonchev–Trinajstić information content (AvgIpc) is 3.20. The second-order valence-corrected chi connectivity index (χ2v) is 9.08. The van der Waals surface area contributed by atoms with Crippen LogP contribution in [0.5, 0.6) is 0 Å². The van der Waals surface area contributed by atoms with Crippen molar-refractivity contribution in [1.29, 1.82) is 0 Å². The molecule has 3 amide bonds. The molecule has 0 spiro atoms. The Labute approximate surface area is 168 Å². The first-order valence-electron chi connectivity index (χ1n) is 9.27. The predicted molar refractivity (Wildman–Crippen MR) is 109 cm³/mol. The molecule has 0 radical (unpaired) electrons. The van der Waals surface area contributed by atoms with Crippen LogP contribution in [-0.4, -0.2) is 44.4 Å². The van der Waals surface area contributed by atoms with E-state index in [-0.39, 0.29) is 11.4 Å². The minimum Gasteiger partial charge on any atom is -0.368 e. The van der Waals surface area contributed by atoms with Gasteiger partial charge >= 0.3 is 6.03 Å². The summed E-state index contributed by atoms with van der Waals surface area (Å²) in [5, 5.41) is 3.28. The smallest absolute Gasteiger partial charge is 0.324 e. The van der Waals surface area contributed by atoms with Crippen molar-refractivity contribution in [3.8, 4) is 10.6 Å². The fourth-order valence-corrected chi connectivity index (χ4v) is 4.09. The van der Waals surface area contributed by atoms with Gasteiger partial charge in [-0.3, -0.25) is 10.1 Å². The van der Waals surface area contributed by atoms with Gasteiger partial charge in [-0.2, -0.15) is 0 Å². The molecule has 0 aromatic carbocycles. The van der Waals surface area contributed by atoms with E-state index in [4.69, 9.17) is 10.7 Å². The van der Waals surface area contributed by atoms with Crippen LogP contribution in [0.2, 0.25) is 0 Å². The van der Waals surface area contributed by atoms with Crippen LogP contribution in [-0.2, 0) is 10.2 Å². The van der Waals surface area contributed by atoms with Crippen molar-refractivity contribution in [2.75, 3.05) is 11.9 Å². The standard InChI is InChI=1S/C19H26N6O2S/c1-10-9-12(23-16(21-10)19(3,4)5)14-11(2)22-17(28-14)24-18(27)25-8-6-7-13(25)15(20)26/h9,13H,6-8H2,1-5H3,(H2,20,26)(H,22,24,27). The van der Waals surface area contributed by atoms with Crippen LogP contribution in [0.15, 0.2) is 6.07 Å². The zero-order chi connectivity index (χ0) is 20.6. The van der Waals surface area contributed by atoms with Crippen LogP contribution in [0.1, 0.15) is 50.8 Å². The fourth-order valence-electron chi connectivity index (χ4n) is 3.18. The van der Waals surface area contributed by atoms with Crippen molar-refractivity contribution in [3.63, 3.8) is 0 Å². The summed E-state index contributed by atoms with van der Waals surface area (Å²) in [6.45, 7) is 10.6. The van der Waals surface area contributed by atoms with E-state index in [9.17, 15) is 9.59 Å². The molecule has 3 rings (SSSR count). The van der Waals surface area contributed by atoms with Crippen molar-refractivity contribution >= 4 is 28.4 Å². The highest BCUT2D eigenvalue weighted by Crippen LogP contribution is 2.33. The Hall–Kier alpha value is -2.55. The van der Waals surface area contributed by atoms with Crippen LogP contribution in [0.25, 0.3) is 10.6 Å². The van der Waals surface area contributed by atoms with Crippen LogP contribution in [0.4, 0.5) is 9.93 Å². The second kappa shape index (κ2) is 7.46. The first-order chi connectivity index (χ1) is 13.1. The van der Waals surface area contributed by atoms with Gasteiger partial charge < -0.3 is 10.6 Å². The van der Waals surface area contributed by atoms with Gasteiger partial charge in [-0.1, -0.05) is 32.1 Å². The number of amides is 3. The lowest BCUT2D eigenvalue weighted by Crippen LogP contribution is -2.45. The third kappa shape index (κ3) is 4.14. The number of carbonyl (C=O) groups is 2. The van der Waals surface area contributed by atoms with Gasteiger partial charge in [-0.05, 0) is 32.8 Å². The predicted octanol–water partition coefficient (Wildman–Crippen LogP) is 3.00. The highest BCUT2D eigenvalue weighted by molar-refractivity contribution is 7.19. The molecule has 1 saturated heterocycles. The molecule has 1 aliphatic rings. The van der Waals surface area contributed by atoms with Gasteiger partial charge in [0, 0.05) is 17.7 Å². The molecule has 1 fully saturated rings. The van der Waals surface area contributed by atoms with E-state index < -0.39 is 11.9 Å². The SMILES string of the molecule is Cc1cc(-c2sc(NC(=O)N3CCCC3C(N)=O)nc2C)nc(C(C)(C)C)n1. The summed E-state index contributed by atoms with van der Waals surface area (Å²) < 4.78 is 0. The van der Waals surface area contributed by atoms with E-state index in [1.807, 2.05) is 19.9 Å². The number of likely N-dealkylation sites (tertiary alicyclic amines) is 1. The Balaban J connectivity index is 1.85. The zero-order valence-electron chi connectivity index (χ0n) is 16.9. The quantitative estimate of drug-likeness (QED) is 0.819. The number of carbonyl (C=O) groups excluding carboxylic acids is 2. The summed E-state index contributed by atoms with van der Waals surface area (Å²) in [5.41, 5.74) is 7.69. The molecule has 3 N–H and O–H groups in total. The molecule has 1 aliphatic heterocycles. The molecule has 1 unspecified atom stereocenters. The van der Waals surface area contributed by atoms with Gasteiger partial charge in [-0.25, -0.2) is 19.7 Å². The summed E-state index contributed by atoms with van der Waals surface area (Å²) in [7, 11) is 0. The Kier molecular flexibility index (Phi) is 5.38. The fraction of sp³-hybridized carbons (Fsp3) is 0.526. The first kappa shape index (κ1) is 20.2. The maximum atomic E-state index is 12.6. The maximum Gasteiger partial charge on any atom is 0.324 e. The Morgan fingerprint density at radius 1 is 1.25 bits per heavy atom. The topological polar surface area (TPSA) is 114 Å². The summed E-state index contributed by atoms with van der Waals surface area (Å²) in [5.74, 6) is 0.289. The van der Waals surface area contributed by atoms with Crippen LogP contribution >= 0.6 is 11.3 Å². The van der Waals surface area contributed by atoms with Crippen LogP contribution < -0.4 is 11.1 Å². The van der Waals surface area contributed by atoms with Gasteiger partial charge in [-0.15, -0.1) is 0 Å². The number of nitrogens with one attached hydrogen (secondary N) is 1. The van der Waals surface area contributed by atoms with Gasteiger partial charge in [0.15, 0.2) is 5.13 Å². The molecular weight excluding hydrogens is 376 g/mol. The van der Waals surface area contributed by atoms with E-state index in [0.717, 1.165) is 34.2 Å². The molecule has 1 atom stereocenters. The summed E-state index contributed by atoms with van der Waals surface area (Å²) in [4.78, 5) is 40.2. The molecule has 8 nitrogen and oxygen atoms in total. The molecule has 28 heavy (non-hydrogen) atoms. The molecule has 2 aromatic rings. The van der Waals surface area contributed by atoms with Gasteiger partial charge in [0.1, 0.15) is 11.9 Å². The van der Waals surface area contributed by atoms with E-state index in [1.54, 1.807) is 0 Å². The second-order valence-electron chi connectivity index (χ2n) is 8.09. The van der Waals surface area contributed by atoms with Crippen molar-refractivity contribution in [3.05, 3.63) is 23.3 Å². The van der Waals surface area contributed by atoms with E-state index in [0.29, 0.717) is 18.1 Å². The van der Waals surface area contributed by atoms with Crippen molar-refractivity contribution in [2.45, 2.75) is 58.9 Å². The van der Waals surface area contributed by atoms with Crippen molar-refractivity contribution < 1.29 is 9.59 Å². The lowest BCUT2D eigenvalue weighted by molar-refractivity contribution is -0.121. The van der Waals surface area contributed by atoms with Crippen LogP contribution in [0, 0.1) is 13.8 Å². The van der Waals surface area contributed by atoms with Gasteiger partial charge in [0.2, 0.25) is 5.91 Å². The van der Waals surface area contributed by atoms with E-state index in [2.05, 4.69) is 36.1 Å². The highest BCUT2D eigenvalue weighted by Gasteiger charge is 2.33. The molecule has 9 heteroatoms. The molecule has 0 aliphatic carbocycles. The molecule has 3 heterocycles. The maximum absolute atomic E-state index is 12.6. The number of primary amides is 1. The zero-order valence-corrected chi connectivity index (χ0v) is 17.7. The summed E-state index contributed by atoms with van der Waals surface area (Å²) in [6.07, 6.45) is 1.36. The first-order valence-corrected chi connectivity index (χ1v) is 10.1. The van der Waals surface area contributed by atoms with Crippen LogP contribution in [0.3, 0.4) is 0 Å². The highest BCUT2D eigenvalue weighted by atomic mass is 32.1. The summed E-state index contributed by atoms with van der Waals surface area (Å²) in [6, 6.07) is 1.01. The average molecular weight is 403 g/mol. The third-order valence-corrected chi connectivity index (χ3v) is 5.71. The monoisotopic (exact) mass is 402 g/mol. The van der Waals surface area contributed by atoms with Crippen molar-refractivity contribution in [1.82, 2.24) is 19.9 Å². The number of nitrogens with zero attached hydrogens (tertiary/aromatic N) is 4. The van der Waals surface area contributed by atoms with Crippen molar-refractivity contribution in [2.24, 2.45) is 5.73 Å². The Morgan fingerprint density at radius 2 is 1.96 bits per heavy atom. The summed E-state index contributed by atoms with van der Waals surface area (Å²) >= 11 is 1.36. The third-order valence-electron chi connectivity index (χ3n) is 4.61. The number of nitrogens with two attached hydrogens (primary N) is 1.